The normalized spacial score (nSPS) is 12.3. The Labute approximate surface area is 139 Å². The molecule has 1 aliphatic heterocycles. The fourth-order valence-corrected chi connectivity index (χ4v) is 2.54. The van der Waals surface area contributed by atoms with Crippen molar-refractivity contribution in [3.8, 4) is 5.69 Å². The first-order valence-corrected chi connectivity index (χ1v) is 7.62. The topological polar surface area (TPSA) is 84.7 Å². The summed E-state index contributed by atoms with van der Waals surface area (Å²) in [5.74, 6) is 0.247. The van der Waals surface area contributed by atoms with Gasteiger partial charge in [0.2, 0.25) is 0 Å². The van der Waals surface area contributed by atoms with E-state index in [0.29, 0.717) is 24.4 Å². The van der Waals surface area contributed by atoms with Crippen molar-refractivity contribution in [3.05, 3.63) is 47.8 Å². The Bertz CT molecular complexity index is 823. The smallest absolute Gasteiger partial charge is 0.339 e. The maximum absolute atomic E-state index is 11.6. The van der Waals surface area contributed by atoms with E-state index in [1.807, 2.05) is 29.7 Å². The quantitative estimate of drug-likeness (QED) is 0.848. The Morgan fingerprint density at radius 3 is 2.92 bits per heavy atom. The molecule has 7 nitrogen and oxygen atoms in total. The van der Waals surface area contributed by atoms with Gasteiger partial charge >= 0.3 is 12.0 Å². The van der Waals surface area contributed by atoms with E-state index in [1.54, 1.807) is 18.5 Å². The van der Waals surface area contributed by atoms with Gasteiger partial charge in [-0.15, -0.1) is 0 Å². The number of aliphatic imine (C=N–C) groups is 1. The first-order valence-electron chi connectivity index (χ1n) is 7.62. The summed E-state index contributed by atoms with van der Waals surface area (Å²) < 4.78 is 6.54. The molecule has 0 aliphatic carbocycles. The Morgan fingerprint density at radius 1 is 1.33 bits per heavy atom. The van der Waals surface area contributed by atoms with Crippen molar-refractivity contribution in [1.29, 1.82) is 0 Å². The fraction of sp³-hybridized carbons (Fsp3) is 0.235. The summed E-state index contributed by atoms with van der Waals surface area (Å²) in [4.78, 5) is 27.6. The highest BCUT2D eigenvalue weighted by molar-refractivity contribution is 6.02. The number of hydrogen-bond acceptors (Lipinski definition) is 4. The zero-order valence-corrected chi connectivity index (χ0v) is 13.5. The van der Waals surface area contributed by atoms with Crippen molar-refractivity contribution in [2.24, 2.45) is 4.99 Å². The number of esters is 1. The molecule has 0 atom stereocenters. The van der Waals surface area contributed by atoms with Crippen LogP contribution in [0.1, 0.15) is 22.8 Å². The molecular weight excluding hydrogens is 308 g/mol. The maximum atomic E-state index is 11.6. The van der Waals surface area contributed by atoms with E-state index < -0.39 is 0 Å². The van der Waals surface area contributed by atoms with Gasteiger partial charge in [-0.2, -0.15) is 0 Å². The number of amides is 2. The summed E-state index contributed by atoms with van der Waals surface area (Å²) in [7, 11) is 1.35. The van der Waals surface area contributed by atoms with Crippen LogP contribution in [0.3, 0.4) is 0 Å². The van der Waals surface area contributed by atoms with E-state index in [2.05, 4.69) is 15.6 Å². The third-order valence-corrected chi connectivity index (χ3v) is 3.69. The van der Waals surface area contributed by atoms with Crippen LogP contribution in [0.4, 0.5) is 10.5 Å². The first-order chi connectivity index (χ1) is 11.6. The van der Waals surface area contributed by atoms with Crippen molar-refractivity contribution in [3.63, 3.8) is 0 Å². The van der Waals surface area contributed by atoms with Crippen LogP contribution in [0.25, 0.3) is 5.69 Å². The second-order valence-electron chi connectivity index (χ2n) is 5.33. The number of nitrogens with zero attached hydrogens (tertiary/aromatic N) is 2. The lowest BCUT2D eigenvalue weighted by Gasteiger charge is -2.05. The molecule has 0 saturated heterocycles. The molecular formula is C17H18N4O3. The van der Waals surface area contributed by atoms with E-state index in [1.165, 1.54) is 7.11 Å². The van der Waals surface area contributed by atoms with Gasteiger partial charge in [0.15, 0.2) is 0 Å². The molecule has 0 unspecified atom stereocenters. The van der Waals surface area contributed by atoms with E-state index in [4.69, 9.17) is 4.74 Å². The minimum Gasteiger partial charge on any atom is -0.465 e. The Morgan fingerprint density at radius 2 is 2.17 bits per heavy atom. The summed E-state index contributed by atoms with van der Waals surface area (Å²) in [6, 6.07) is 7.29. The van der Waals surface area contributed by atoms with Crippen molar-refractivity contribution in [1.82, 2.24) is 15.2 Å². The van der Waals surface area contributed by atoms with Crippen LogP contribution in [0.15, 0.2) is 41.7 Å². The number of methoxy groups -OCH3 is 1. The highest BCUT2D eigenvalue weighted by Gasteiger charge is 2.17. The molecule has 1 aromatic carbocycles. The predicted molar refractivity (Wildman–Crippen MR) is 90.1 cm³/mol. The van der Waals surface area contributed by atoms with Crippen molar-refractivity contribution in [2.45, 2.75) is 13.3 Å². The molecule has 0 bridgehead atoms. The monoisotopic (exact) mass is 326 g/mol. The fourth-order valence-electron chi connectivity index (χ4n) is 2.54. The molecule has 2 amide bonds. The van der Waals surface area contributed by atoms with Crippen LogP contribution in [0.2, 0.25) is 0 Å². The number of rotatable bonds is 3. The zero-order chi connectivity index (χ0) is 17.1. The van der Waals surface area contributed by atoms with Crippen LogP contribution in [0, 0.1) is 0 Å². The second kappa shape index (κ2) is 6.57. The predicted octanol–water partition coefficient (Wildman–Crippen LogP) is 2.17. The maximum Gasteiger partial charge on any atom is 0.339 e. The van der Waals surface area contributed by atoms with Gasteiger partial charge in [0, 0.05) is 31.0 Å². The number of benzene rings is 1. The Balaban J connectivity index is 1.80. The van der Waals surface area contributed by atoms with E-state index in [-0.39, 0.29) is 12.0 Å². The summed E-state index contributed by atoms with van der Waals surface area (Å²) in [5.41, 5.74) is 3.23. The van der Waals surface area contributed by atoms with E-state index >= 15 is 0 Å². The molecule has 7 heteroatoms. The molecule has 2 heterocycles. The number of amidine groups is 1. The van der Waals surface area contributed by atoms with Crippen LogP contribution >= 0.6 is 0 Å². The number of fused-ring (bicyclic) bond motifs is 1. The van der Waals surface area contributed by atoms with Crippen molar-refractivity contribution in [2.75, 3.05) is 13.7 Å². The van der Waals surface area contributed by atoms with Gasteiger partial charge in [0.1, 0.15) is 5.84 Å². The van der Waals surface area contributed by atoms with Gasteiger partial charge in [-0.05, 0) is 30.7 Å². The molecule has 0 spiro atoms. The van der Waals surface area contributed by atoms with Crippen molar-refractivity contribution >= 4 is 23.5 Å². The van der Waals surface area contributed by atoms with Crippen LogP contribution in [0.5, 0.6) is 0 Å². The minimum absolute atomic E-state index is 0.252. The lowest BCUT2D eigenvalue weighted by Crippen LogP contribution is -2.39. The van der Waals surface area contributed by atoms with Crippen LogP contribution in [-0.2, 0) is 11.2 Å². The first kappa shape index (κ1) is 15.8. The summed E-state index contributed by atoms with van der Waals surface area (Å²) in [6.07, 6.45) is 4.09. The van der Waals surface area contributed by atoms with E-state index in [0.717, 1.165) is 16.9 Å². The number of carbonyl (C=O) groups excluding carboxylic acids is 2. The molecule has 2 N–H and O–H groups in total. The molecule has 0 radical (unpaired) electrons. The van der Waals surface area contributed by atoms with Crippen LogP contribution < -0.4 is 10.6 Å². The standard InChI is InChI=1S/C17H18N4O3/c1-3-18-17(23)20-15-8-11-4-5-13(9-14(11)19-15)21-7-6-12(10-21)16(22)24-2/h4-7,9-10H,3,8H2,1-2H3,(H2,18,19,20,23). The molecule has 3 rings (SSSR count). The van der Waals surface area contributed by atoms with E-state index in [9.17, 15) is 9.59 Å². The lowest BCUT2D eigenvalue weighted by molar-refractivity contribution is 0.0601. The SMILES string of the molecule is CCNC(=O)NC1=Nc2cc(-n3ccc(C(=O)OC)c3)ccc2C1. The largest absolute Gasteiger partial charge is 0.465 e. The zero-order valence-electron chi connectivity index (χ0n) is 13.5. The van der Waals surface area contributed by atoms with Gasteiger partial charge in [-0.25, -0.2) is 14.6 Å². The van der Waals surface area contributed by atoms with Crippen molar-refractivity contribution < 1.29 is 14.3 Å². The molecule has 0 fully saturated rings. The van der Waals surface area contributed by atoms with Gasteiger partial charge < -0.3 is 14.6 Å². The second-order valence-corrected chi connectivity index (χ2v) is 5.33. The number of ether oxygens (including phenoxy) is 1. The average molecular weight is 326 g/mol. The van der Waals surface area contributed by atoms with Gasteiger partial charge in [0.25, 0.3) is 0 Å². The lowest BCUT2D eigenvalue weighted by atomic mass is 10.1. The highest BCUT2D eigenvalue weighted by atomic mass is 16.5. The number of urea groups is 1. The van der Waals surface area contributed by atoms with Crippen LogP contribution in [-0.4, -0.2) is 36.1 Å². The number of hydrogen-bond donors (Lipinski definition) is 2. The number of aromatic nitrogens is 1. The summed E-state index contributed by atoms with van der Waals surface area (Å²) in [6.45, 7) is 2.42. The number of nitrogens with one attached hydrogen (secondary N) is 2. The summed E-state index contributed by atoms with van der Waals surface area (Å²) in [5, 5.41) is 5.42. The molecule has 2 aromatic rings. The molecule has 0 saturated carbocycles. The minimum atomic E-state index is -0.374. The van der Waals surface area contributed by atoms with Gasteiger partial charge in [-0.1, -0.05) is 6.07 Å². The third kappa shape index (κ3) is 3.15. The molecule has 1 aromatic heterocycles. The third-order valence-electron chi connectivity index (χ3n) is 3.69. The Hall–Kier alpha value is -3.09. The molecule has 24 heavy (non-hydrogen) atoms. The molecule has 124 valence electrons. The van der Waals surface area contributed by atoms with Gasteiger partial charge in [-0.3, -0.25) is 5.32 Å². The number of carbonyl (C=O) groups is 2. The molecule has 1 aliphatic rings. The highest BCUT2D eigenvalue weighted by Crippen LogP contribution is 2.28. The average Bonchev–Trinajstić information content (AvgIpc) is 3.19. The van der Waals surface area contributed by atoms with Gasteiger partial charge in [0.05, 0.1) is 18.4 Å². The Kier molecular flexibility index (Phi) is 4.33. The summed E-state index contributed by atoms with van der Waals surface area (Å²) >= 11 is 0.